The first-order valence-electron chi connectivity index (χ1n) is 9.21. The summed E-state index contributed by atoms with van der Waals surface area (Å²) in [4.78, 5) is 18.8. The van der Waals surface area contributed by atoms with Gasteiger partial charge in [0, 0.05) is 32.0 Å². The Labute approximate surface area is 155 Å². The molecule has 138 valence electrons. The van der Waals surface area contributed by atoms with Gasteiger partial charge in [0.05, 0.1) is 11.7 Å². The van der Waals surface area contributed by atoms with Gasteiger partial charge < -0.3 is 14.4 Å². The van der Waals surface area contributed by atoms with E-state index in [1.165, 1.54) is 0 Å². The Morgan fingerprint density at radius 1 is 1.15 bits per heavy atom. The predicted molar refractivity (Wildman–Crippen MR) is 100 cm³/mol. The first-order chi connectivity index (χ1) is 12.6. The number of piperidine rings is 1. The Hall–Kier alpha value is -2.40. The number of carbonyl (C=O) groups is 1. The highest BCUT2D eigenvalue weighted by Crippen LogP contribution is 2.20. The van der Waals surface area contributed by atoms with E-state index in [0.717, 1.165) is 38.3 Å². The maximum absolute atomic E-state index is 12.6. The molecular formula is C21H26N2O3. The summed E-state index contributed by atoms with van der Waals surface area (Å²) in [7, 11) is 0. The van der Waals surface area contributed by atoms with Gasteiger partial charge in [0.25, 0.3) is 5.91 Å². The minimum absolute atomic E-state index is 0.0195. The van der Waals surface area contributed by atoms with E-state index < -0.39 is 0 Å². The Morgan fingerprint density at radius 2 is 1.88 bits per heavy atom. The zero-order chi connectivity index (χ0) is 18.4. The van der Waals surface area contributed by atoms with Crippen LogP contribution in [-0.4, -0.2) is 41.6 Å². The van der Waals surface area contributed by atoms with E-state index in [-0.39, 0.29) is 12.0 Å². The molecule has 0 unspecified atom stereocenters. The fourth-order valence-corrected chi connectivity index (χ4v) is 2.91. The van der Waals surface area contributed by atoms with Gasteiger partial charge in [-0.3, -0.25) is 4.79 Å². The van der Waals surface area contributed by atoms with Crippen molar-refractivity contribution in [2.45, 2.75) is 32.8 Å². The molecule has 0 N–H and O–H groups in total. The molecule has 0 saturated carbocycles. The predicted octanol–water partition coefficient (Wildman–Crippen LogP) is 4.15. The molecule has 1 saturated heterocycles. The summed E-state index contributed by atoms with van der Waals surface area (Å²) in [6.07, 6.45) is 3.63. The number of nitrogens with zero attached hydrogens (tertiary/aromatic N) is 2. The van der Waals surface area contributed by atoms with Crippen molar-refractivity contribution in [2.75, 3.05) is 19.7 Å². The van der Waals surface area contributed by atoms with Crippen molar-refractivity contribution in [3.8, 4) is 11.6 Å². The lowest BCUT2D eigenvalue weighted by atomic mass is 10.1. The number of hydrogen-bond donors (Lipinski definition) is 0. The molecule has 3 rings (SSSR count). The molecule has 5 nitrogen and oxygen atoms in total. The number of hydrogen-bond acceptors (Lipinski definition) is 4. The third-order valence-electron chi connectivity index (χ3n) is 4.34. The van der Waals surface area contributed by atoms with Crippen LogP contribution >= 0.6 is 0 Å². The molecule has 1 amide bonds. The van der Waals surface area contributed by atoms with Crippen molar-refractivity contribution in [3.63, 3.8) is 0 Å². The van der Waals surface area contributed by atoms with Crippen molar-refractivity contribution in [2.24, 2.45) is 5.92 Å². The number of benzene rings is 1. The zero-order valence-corrected chi connectivity index (χ0v) is 15.4. The van der Waals surface area contributed by atoms with Gasteiger partial charge in [-0.05, 0) is 37.0 Å². The third kappa shape index (κ3) is 5.05. The van der Waals surface area contributed by atoms with Crippen LogP contribution in [0.1, 0.15) is 37.0 Å². The molecule has 1 aliphatic rings. The number of carbonyl (C=O) groups excluding carboxylic acids is 1. The van der Waals surface area contributed by atoms with Crippen LogP contribution in [0.4, 0.5) is 0 Å². The second-order valence-corrected chi connectivity index (χ2v) is 7.02. The summed E-state index contributed by atoms with van der Waals surface area (Å²) in [5.41, 5.74) is 0.590. The second-order valence-electron chi connectivity index (χ2n) is 7.02. The molecule has 0 aliphatic carbocycles. The minimum Gasteiger partial charge on any atom is -0.439 e. The van der Waals surface area contributed by atoms with Crippen LogP contribution in [0.25, 0.3) is 0 Å². The molecular weight excluding hydrogens is 328 g/mol. The summed E-state index contributed by atoms with van der Waals surface area (Å²) in [5.74, 6) is 1.76. The standard InChI is InChI=1S/C21H26N2O3/c1-16(2)15-25-18-10-12-23(13-11-18)21(24)17-8-9-20(22-14-17)26-19-6-4-3-5-7-19/h3-9,14,16,18H,10-13,15H2,1-2H3. The largest absolute Gasteiger partial charge is 0.439 e. The molecule has 0 spiro atoms. The Morgan fingerprint density at radius 3 is 2.50 bits per heavy atom. The molecule has 1 aromatic heterocycles. The lowest BCUT2D eigenvalue weighted by Gasteiger charge is -2.32. The van der Waals surface area contributed by atoms with Crippen LogP contribution in [-0.2, 0) is 4.74 Å². The van der Waals surface area contributed by atoms with Crippen LogP contribution in [0.5, 0.6) is 11.6 Å². The van der Waals surface area contributed by atoms with Gasteiger partial charge in [-0.15, -0.1) is 0 Å². The fraction of sp³-hybridized carbons (Fsp3) is 0.429. The third-order valence-corrected chi connectivity index (χ3v) is 4.34. The van der Waals surface area contributed by atoms with E-state index in [0.29, 0.717) is 17.4 Å². The van der Waals surface area contributed by atoms with Gasteiger partial charge in [0.15, 0.2) is 0 Å². The summed E-state index contributed by atoms with van der Waals surface area (Å²) in [6, 6.07) is 13.0. The average molecular weight is 354 g/mol. The maximum atomic E-state index is 12.6. The lowest BCUT2D eigenvalue weighted by molar-refractivity contribution is -0.00231. The van der Waals surface area contributed by atoms with Crippen LogP contribution < -0.4 is 4.74 Å². The molecule has 0 bridgehead atoms. The highest BCUT2D eigenvalue weighted by atomic mass is 16.5. The van der Waals surface area contributed by atoms with Gasteiger partial charge in [0.1, 0.15) is 5.75 Å². The fourth-order valence-electron chi connectivity index (χ4n) is 2.91. The topological polar surface area (TPSA) is 51.7 Å². The quantitative estimate of drug-likeness (QED) is 0.782. The highest BCUT2D eigenvalue weighted by Gasteiger charge is 2.24. The summed E-state index contributed by atoms with van der Waals surface area (Å²) in [5, 5.41) is 0. The van der Waals surface area contributed by atoms with E-state index in [2.05, 4.69) is 18.8 Å². The molecule has 1 aromatic carbocycles. The normalized spacial score (nSPS) is 15.3. The van der Waals surface area contributed by atoms with Crippen molar-refractivity contribution in [3.05, 3.63) is 54.2 Å². The van der Waals surface area contributed by atoms with E-state index in [1.807, 2.05) is 35.2 Å². The van der Waals surface area contributed by atoms with Gasteiger partial charge in [-0.1, -0.05) is 32.0 Å². The van der Waals surface area contributed by atoms with Crippen molar-refractivity contribution in [1.29, 1.82) is 0 Å². The monoisotopic (exact) mass is 354 g/mol. The molecule has 2 heterocycles. The molecule has 2 aromatic rings. The number of ether oxygens (including phenoxy) is 2. The van der Waals surface area contributed by atoms with Crippen LogP contribution in [0.15, 0.2) is 48.7 Å². The first kappa shape index (κ1) is 18.4. The van der Waals surface area contributed by atoms with E-state index >= 15 is 0 Å². The number of amides is 1. The molecule has 0 radical (unpaired) electrons. The van der Waals surface area contributed by atoms with Gasteiger partial charge >= 0.3 is 0 Å². The lowest BCUT2D eigenvalue weighted by Crippen LogP contribution is -2.41. The first-order valence-corrected chi connectivity index (χ1v) is 9.21. The molecule has 1 aliphatic heterocycles. The van der Waals surface area contributed by atoms with Crippen molar-refractivity contribution >= 4 is 5.91 Å². The van der Waals surface area contributed by atoms with E-state index in [9.17, 15) is 4.79 Å². The van der Waals surface area contributed by atoms with Crippen LogP contribution in [0.2, 0.25) is 0 Å². The van der Waals surface area contributed by atoms with Crippen LogP contribution in [0.3, 0.4) is 0 Å². The SMILES string of the molecule is CC(C)COC1CCN(C(=O)c2ccc(Oc3ccccc3)nc2)CC1. The minimum atomic E-state index is 0.0195. The van der Waals surface area contributed by atoms with Crippen molar-refractivity contribution < 1.29 is 14.3 Å². The summed E-state index contributed by atoms with van der Waals surface area (Å²) >= 11 is 0. The second kappa shape index (κ2) is 8.81. The van der Waals surface area contributed by atoms with E-state index in [4.69, 9.17) is 9.47 Å². The number of pyridine rings is 1. The number of para-hydroxylation sites is 1. The number of aromatic nitrogens is 1. The van der Waals surface area contributed by atoms with Crippen molar-refractivity contribution in [1.82, 2.24) is 9.88 Å². The number of rotatable bonds is 6. The van der Waals surface area contributed by atoms with Crippen LogP contribution in [0, 0.1) is 5.92 Å². The summed E-state index contributed by atoms with van der Waals surface area (Å²) in [6.45, 7) is 6.53. The average Bonchev–Trinajstić information content (AvgIpc) is 2.68. The van der Waals surface area contributed by atoms with E-state index in [1.54, 1.807) is 18.3 Å². The Kier molecular flexibility index (Phi) is 6.23. The number of likely N-dealkylation sites (tertiary alicyclic amines) is 1. The smallest absolute Gasteiger partial charge is 0.255 e. The molecule has 26 heavy (non-hydrogen) atoms. The van der Waals surface area contributed by atoms with Gasteiger partial charge in [-0.25, -0.2) is 4.98 Å². The van der Waals surface area contributed by atoms with Gasteiger partial charge in [-0.2, -0.15) is 0 Å². The highest BCUT2D eigenvalue weighted by molar-refractivity contribution is 5.94. The molecule has 5 heteroatoms. The zero-order valence-electron chi connectivity index (χ0n) is 15.4. The Bertz CT molecular complexity index is 693. The summed E-state index contributed by atoms with van der Waals surface area (Å²) < 4.78 is 11.5. The maximum Gasteiger partial charge on any atom is 0.255 e. The molecule has 0 atom stereocenters. The van der Waals surface area contributed by atoms with Gasteiger partial charge in [0.2, 0.25) is 5.88 Å². The Balaban J connectivity index is 1.52. The molecule has 1 fully saturated rings.